The second-order valence-corrected chi connectivity index (χ2v) is 9.35. The fraction of sp³-hybridized carbons (Fsp3) is 0.793. The molecule has 0 saturated carbocycles. The molecule has 0 amide bonds. The van der Waals surface area contributed by atoms with Crippen molar-refractivity contribution in [3.05, 3.63) is 24.8 Å². The van der Waals surface area contributed by atoms with Crippen LogP contribution in [0.25, 0.3) is 0 Å². The Hall–Kier alpha value is -1.58. The maximum Gasteiger partial charge on any atom is 0.310 e. The van der Waals surface area contributed by atoms with E-state index in [-0.39, 0.29) is 13.0 Å². The van der Waals surface area contributed by atoms with Gasteiger partial charge in [0.15, 0.2) is 0 Å². The lowest BCUT2D eigenvalue weighted by Gasteiger charge is -2.07. The number of aliphatic carboxylic acids is 1. The lowest BCUT2D eigenvalue weighted by atomic mass is 10.0. The van der Waals surface area contributed by atoms with Crippen LogP contribution in [-0.2, 0) is 14.3 Å². The van der Waals surface area contributed by atoms with Crippen molar-refractivity contribution in [1.82, 2.24) is 0 Å². The van der Waals surface area contributed by atoms with E-state index in [2.05, 4.69) is 13.5 Å². The van der Waals surface area contributed by atoms with Crippen LogP contribution in [0.1, 0.15) is 135 Å². The number of carbonyl (C=O) groups excluding carboxylic acids is 1. The monoisotopic (exact) mass is 464 g/mol. The molecule has 0 fully saturated rings. The van der Waals surface area contributed by atoms with Gasteiger partial charge in [0.1, 0.15) is 6.61 Å². The lowest BCUT2D eigenvalue weighted by molar-refractivity contribution is -0.149. The zero-order valence-corrected chi connectivity index (χ0v) is 21.5. The number of hydrogen-bond donors (Lipinski definition) is 1. The number of unbranched alkanes of at least 4 members (excludes halogenated alkanes) is 18. The van der Waals surface area contributed by atoms with Gasteiger partial charge in [0.25, 0.3) is 0 Å². The van der Waals surface area contributed by atoms with Crippen LogP contribution in [0.4, 0.5) is 0 Å². The molecular formula is C29H52O4. The number of ether oxygens (including phenoxy) is 1. The standard InChI is InChI=1S/C29H52O4/c1-3-5-6-7-8-9-10-11-12-13-14-15-16-17-18-19-20-21-22-23-24-27(29(31)32)26-28(30)33-25-4-2/h4,23-24,27H,2-3,5-22,25-26H2,1H3,(H,31,32)/b24-23+. The summed E-state index contributed by atoms with van der Waals surface area (Å²) < 4.78 is 4.86. The zero-order valence-electron chi connectivity index (χ0n) is 21.5. The van der Waals surface area contributed by atoms with E-state index in [1.165, 1.54) is 115 Å². The molecule has 33 heavy (non-hydrogen) atoms. The average Bonchev–Trinajstić information content (AvgIpc) is 2.80. The van der Waals surface area contributed by atoms with Crippen molar-refractivity contribution in [1.29, 1.82) is 0 Å². The molecular weight excluding hydrogens is 412 g/mol. The number of hydrogen-bond acceptors (Lipinski definition) is 3. The first-order valence-electron chi connectivity index (χ1n) is 13.8. The highest BCUT2D eigenvalue weighted by Gasteiger charge is 2.18. The molecule has 192 valence electrons. The average molecular weight is 465 g/mol. The van der Waals surface area contributed by atoms with E-state index in [0.29, 0.717) is 0 Å². The fourth-order valence-electron chi connectivity index (χ4n) is 4.05. The summed E-state index contributed by atoms with van der Waals surface area (Å²) in [5, 5.41) is 9.23. The highest BCUT2D eigenvalue weighted by atomic mass is 16.5. The third kappa shape index (κ3) is 23.4. The molecule has 0 heterocycles. The van der Waals surface area contributed by atoms with Gasteiger partial charge >= 0.3 is 11.9 Å². The van der Waals surface area contributed by atoms with E-state index in [9.17, 15) is 14.7 Å². The Kier molecular flexibility index (Phi) is 23.9. The van der Waals surface area contributed by atoms with E-state index in [1.54, 1.807) is 6.08 Å². The van der Waals surface area contributed by atoms with Gasteiger partial charge in [0, 0.05) is 0 Å². The molecule has 0 radical (unpaired) electrons. The van der Waals surface area contributed by atoms with Gasteiger partial charge in [-0.3, -0.25) is 9.59 Å². The molecule has 4 nitrogen and oxygen atoms in total. The Morgan fingerprint density at radius 2 is 1.18 bits per heavy atom. The molecule has 1 N–H and O–H groups in total. The number of carboxylic acids is 1. The largest absolute Gasteiger partial charge is 0.481 e. The van der Waals surface area contributed by atoms with Crippen molar-refractivity contribution in [2.75, 3.05) is 6.61 Å². The Bertz CT molecular complexity index is 498. The highest BCUT2D eigenvalue weighted by molar-refractivity contribution is 5.80. The third-order valence-electron chi connectivity index (χ3n) is 6.16. The van der Waals surface area contributed by atoms with Gasteiger partial charge in [0.2, 0.25) is 0 Å². The molecule has 1 unspecified atom stereocenters. The summed E-state index contributed by atoms with van der Waals surface area (Å²) in [4.78, 5) is 22.8. The fourth-order valence-corrected chi connectivity index (χ4v) is 4.05. The summed E-state index contributed by atoms with van der Waals surface area (Å²) in [6.07, 6.45) is 30.2. The summed E-state index contributed by atoms with van der Waals surface area (Å²) in [7, 11) is 0. The van der Waals surface area contributed by atoms with Crippen LogP contribution in [0.3, 0.4) is 0 Å². The molecule has 0 aliphatic rings. The van der Waals surface area contributed by atoms with Gasteiger partial charge in [-0.2, -0.15) is 0 Å². The molecule has 0 saturated heterocycles. The molecule has 0 rings (SSSR count). The normalized spacial score (nSPS) is 12.2. The van der Waals surface area contributed by atoms with E-state index in [0.717, 1.165) is 12.8 Å². The molecule has 0 spiro atoms. The molecule has 0 aliphatic carbocycles. The first kappa shape index (κ1) is 31.4. The molecule has 1 atom stereocenters. The first-order chi connectivity index (χ1) is 16.1. The van der Waals surface area contributed by atoms with Gasteiger partial charge in [-0.1, -0.05) is 141 Å². The topological polar surface area (TPSA) is 63.6 Å². The zero-order chi connectivity index (χ0) is 24.4. The number of carboxylic acid groups (broad SMARTS) is 1. The van der Waals surface area contributed by atoms with Crippen LogP contribution in [0.5, 0.6) is 0 Å². The number of rotatable bonds is 25. The van der Waals surface area contributed by atoms with Gasteiger partial charge in [-0.15, -0.1) is 0 Å². The maximum absolute atomic E-state index is 11.6. The minimum absolute atomic E-state index is 0.119. The molecule has 0 bridgehead atoms. The summed E-state index contributed by atoms with van der Waals surface area (Å²) in [5.74, 6) is -2.29. The van der Waals surface area contributed by atoms with Crippen molar-refractivity contribution in [3.63, 3.8) is 0 Å². The Morgan fingerprint density at radius 1 is 0.758 bits per heavy atom. The van der Waals surface area contributed by atoms with Crippen LogP contribution < -0.4 is 0 Å². The van der Waals surface area contributed by atoms with Crippen molar-refractivity contribution < 1.29 is 19.4 Å². The minimum atomic E-state index is -0.986. The van der Waals surface area contributed by atoms with Crippen LogP contribution in [0, 0.1) is 5.92 Å². The van der Waals surface area contributed by atoms with Crippen molar-refractivity contribution in [2.45, 2.75) is 135 Å². The molecule has 0 aliphatic heterocycles. The van der Waals surface area contributed by atoms with Crippen molar-refractivity contribution in [3.8, 4) is 0 Å². The van der Waals surface area contributed by atoms with Crippen LogP contribution in [0.15, 0.2) is 24.8 Å². The highest BCUT2D eigenvalue weighted by Crippen LogP contribution is 2.15. The quantitative estimate of drug-likeness (QED) is 0.0832. The smallest absolute Gasteiger partial charge is 0.310 e. The second kappa shape index (κ2) is 25.1. The maximum atomic E-state index is 11.6. The van der Waals surface area contributed by atoms with Gasteiger partial charge < -0.3 is 9.84 Å². The van der Waals surface area contributed by atoms with Crippen LogP contribution in [-0.4, -0.2) is 23.7 Å². The van der Waals surface area contributed by atoms with E-state index >= 15 is 0 Å². The number of carbonyl (C=O) groups is 2. The molecule has 0 aromatic rings. The predicted octanol–water partition coefficient (Wildman–Crippen LogP) is 8.79. The molecule has 4 heteroatoms. The minimum Gasteiger partial charge on any atom is -0.481 e. The van der Waals surface area contributed by atoms with Gasteiger partial charge in [-0.05, 0) is 12.8 Å². The Balaban J connectivity index is 3.43. The number of esters is 1. The second-order valence-electron chi connectivity index (χ2n) is 9.35. The summed E-state index contributed by atoms with van der Waals surface area (Å²) >= 11 is 0. The van der Waals surface area contributed by atoms with Crippen LogP contribution >= 0.6 is 0 Å². The summed E-state index contributed by atoms with van der Waals surface area (Å²) in [5.41, 5.74) is 0. The SMILES string of the molecule is C=CCOC(=O)CC(/C=C/CCCCCCCCCCCCCCCCCCCC)C(=O)O. The number of allylic oxidation sites excluding steroid dienone is 1. The van der Waals surface area contributed by atoms with Crippen molar-refractivity contribution >= 4 is 11.9 Å². The van der Waals surface area contributed by atoms with E-state index in [4.69, 9.17) is 4.74 Å². The Labute approximate surface area is 204 Å². The van der Waals surface area contributed by atoms with Gasteiger partial charge in [-0.25, -0.2) is 0 Å². The van der Waals surface area contributed by atoms with Gasteiger partial charge in [0.05, 0.1) is 12.3 Å². The molecule has 0 aromatic heterocycles. The predicted molar refractivity (Wildman–Crippen MR) is 139 cm³/mol. The first-order valence-corrected chi connectivity index (χ1v) is 13.8. The van der Waals surface area contributed by atoms with E-state index < -0.39 is 17.9 Å². The lowest BCUT2D eigenvalue weighted by Crippen LogP contribution is -2.17. The summed E-state index contributed by atoms with van der Waals surface area (Å²) in [6.45, 7) is 5.87. The van der Waals surface area contributed by atoms with E-state index in [1.807, 2.05) is 6.08 Å². The molecule has 0 aromatic carbocycles. The summed E-state index contributed by atoms with van der Waals surface area (Å²) in [6, 6.07) is 0. The van der Waals surface area contributed by atoms with Crippen LogP contribution in [0.2, 0.25) is 0 Å². The third-order valence-corrected chi connectivity index (χ3v) is 6.16. The Morgan fingerprint density at radius 3 is 1.58 bits per heavy atom. The van der Waals surface area contributed by atoms with Crippen molar-refractivity contribution in [2.24, 2.45) is 5.92 Å².